The number of fused-ring (bicyclic) bond motifs is 1. The van der Waals surface area contributed by atoms with E-state index < -0.39 is 0 Å². The molecule has 1 unspecified atom stereocenters. The van der Waals surface area contributed by atoms with E-state index >= 15 is 0 Å². The number of hydrogen-bond donors (Lipinski definition) is 1. The Labute approximate surface area is 210 Å². The summed E-state index contributed by atoms with van der Waals surface area (Å²) >= 11 is 6.63. The fourth-order valence-electron chi connectivity index (χ4n) is 4.41. The van der Waals surface area contributed by atoms with E-state index in [4.69, 9.17) is 16.6 Å². The van der Waals surface area contributed by atoms with Gasteiger partial charge in [-0.25, -0.2) is 4.98 Å². The van der Waals surface area contributed by atoms with E-state index in [9.17, 15) is 9.59 Å². The van der Waals surface area contributed by atoms with E-state index in [2.05, 4.69) is 10.3 Å². The van der Waals surface area contributed by atoms with E-state index in [0.29, 0.717) is 41.7 Å². The number of benzene rings is 1. The first-order chi connectivity index (χ1) is 16.8. The first-order valence-corrected chi connectivity index (χ1v) is 12.2. The maximum Gasteiger partial charge on any atom is 0.258 e. The van der Waals surface area contributed by atoms with Crippen LogP contribution in [0.15, 0.2) is 48.7 Å². The third kappa shape index (κ3) is 5.89. The summed E-state index contributed by atoms with van der Waals surface area (Å²) in [6, 6.07) is 8.88. The van der Waals surface area contributed by atoms with Crippen LogP contribution in [0, 0.1) is 6.92 Å². The van der Waals surface area contributed by atoms with Gasteiger partial charge in [-0.2, -0.15) is 0 Å². The van der Waals surface area contributed by atoms with Gasteiger partial charge in [0.05, 0.1) is 22.1 Å². The molecule has 0 bridgehead atoms. The lowest BCUT2D eigenvalue weighted by Gasteiger charge is -2.26. The summed E-state index contributed by atoms with van der Waals surface area (Å²) in [5.74, 6) is 0.151. The predicted octanol–water partition coefficient (Wildman–Crippen LogP) is 4.32. The van der Waals surface area contributed by atoms with Gasteiger partial charge in [-0.05, 0) is 64.5 Å². The van der Waals surface area contributed by atoms with Crippen molar-refractivity contribution < 1.29 is 9.59 Å². The number of imidazole rings is 1. The minimum absolute atomic E-state index is 0.00730. The first kappa shape index (κ1) is 24.9. The average molecular weight is 495 g/mol. The molecule has 0 saturated carbocycles. The number of hydrogen-bond acceptors (Lipinski definition) is 5. The van der Waals surface area contributed by atoms with Gasteiger partial charge in [0, 0.05) is 43.2 Å². The van der Waals surface area contributed by atoms with Gasteiger partial charge in [0.25, 0.3) is 5.91 Å². The smallest absolute Gasteiger partial charge is 0.258 e. The van der Waals surface area contributed by atoms with Gasteiger partial charge in [0.1, 0.15) is 0 Å². The Bertz CT molecular complexity index is 1250. The van der Waals surface area contributed by atoms with Crippen molar-refractivity contribution in [3.8, 4) is 0 Å². The van der Waals surface area contributed by atoms with Gasteiger partial charge < -0.3 is 14.4 Å². The molecule has 1 saturated heterocycles. The SMILES string of the molecule is Cc1cc(C(=O)Nc2nc3cccc(Cl)c3n2C2CCCCN(C(=O)/C=C/CN(C)C)C2)ccn1. The lowest BCUT2D eigenvalue weighted by molar-refractivity contribution is -0.126. The highest BCUT2D eigenvalue weighted by Crippen LogP contribution is 2.34. The lowest BCUT2D eigenvalue weighted by atomic mass is 10.1. The number of amides is 2. The summed E-state index contributed by atoms with van der Waals surface area (Å²) in [7, 11) is 3.93. The summed E-state index contributed by atoms with van der Waals surface area (Å²) in [5.41, 5.74) is 2.73. The van der Waals surface area contributed by atoms with Crippen molar-refractivity contribution in [2.45, 2.75) is 32.2 Å². The van der Waals surface area contributed by atoms with Crippen LogP contribution >= 0.6 is 11.6 Å². The summed E-state index contributed by atoms with van der Waals surface area (Å²) in [6.45, 7) is 3.75. The molecule has 9 heteroatoms. The van der Waals surface area contributed by atoms with Crippen LogP contribution in [-0.4, -0.2) is 69.9 Å². The zero-order chi connectivity index (χ0) is 24.9. The van der Waals surface area contributed by atoms with Gasteiger partial charge in [-0.3, -0.25) is 19.9 Å². The number of carbonyl (C=O) groups excluding carboxylic acids is 2. The molecule has 0 aliphatic carbocycles. The predicted molar refractivity (Wildman–Crippen MR) is 139 cm³/mol. The van der Waals surface area contributed by atoms with Crippen LogP contribution in [0.5, 0.6) is 0 Å². The quantitative estimate of drug-likeness (QED) is 0.516. The van der Waals surface area contributed by atoms with Gasteiger partial charge >= 0.3 is 0 Å². The van der Waals surface area contributed by atoms with E-state index in [-0.39, 0.29) is 17.9 Å². The number of pyridine rings is 1. The number of likely N-dealkylation sites (tertiary alicyclic amines) is 1. The third-order valence-electron chi connectivity index (χ3n) is 6.10. The van der Waals surface area contributed by atoms with Gasteiger partial charge in [-0.1, -0.05) is 23.7 Å². The summed E-state index contributed by atoms with van der Waals surface area (Å²) in [4.78, 5) is 38.8. The molecule has 1 aromatic carbocycles. The van der Waals surface area contributed by atoms with Crippen LogP contribution in [0.4, 0.5) is 5.95 Å². The molecule has 1 atom stereocenters. The number of aryl methyl sites for hydroxylation is 1. The maximum absolute atomic E-state index is 13.1. The Hall–Kier alpha value is -3.23. The highest BCUT2D eigenvalue weighted by atomic mass is 35.5. The second-order valence-electron chi connectivity index (χ2n) is 9.15. The van der Waals surface area contributed by atoms with Crippen LogP contribution < -0.4 is 5.32 Å². The molecule has 3 aromatic rings. The fraction of sp³-hybridized carbons (Fsp3) is 0.385. The number of para-hydroxylation sites is 1. The van der Waals surface area contributed by atoms with E-state index in [1.807, 2.05) is 59.7 Å². The molecule has 1 N–H and O–H groups in total. The molecule has 3 heterocycles. The number of likely N-dealkylation sites (N-methyl/N-ethyl adjacent to an activating group) is 1. The maximum atomic E-state index is 13.1. The number of anilines is 1. The Balaban J connectivity index is 1.68. The van der Waals surface area contributed by atoms with E-state index in [1.54, 1.807) is 24.4 Å². The topological polar surface area (TPSA) is 83.4 Å². The Morgan fingerprint density at radius 3 is 2.86 bits per heavy atom. The van der Waals surface area contributed by atoms with Crippen molar-refractivity contribution in [1.82, 2.24) is 24.3 Å². The zero-order valence-corrected chi connectivity index (χ0v) is 21.1. The molecule has 2 amide bonds. The van der Waals surface area contributed by atoms with Crippen molar-refractivity contribution >= 4 is 40.4 Å². The standard InChI is InChI=1S/C26H31ClN6O2/c1-18-16-19(12-13-28-18)25(35)30-26-29-22-10-6-9-21(27)24(22)33(26)20-8-4-5-15-32(17-20)23(34)11-7-14-31(2)3/h6-7,9-13,16,20H,4-5,8,14-15,17H2,1-3H3,(H,29,30,35)/b11-7+. The van der Waals surface area contributed by atoms with Crippen LogP contribution in [0.3, 0.4) is 0 Å². The van der Waals surface area contributed by atoms with Crippen molar-refractivity contribution in [3.05, 3.63) is 65.0 Å². The highest BCUT2D eigenvalue weighted by Gasteiger charge is 2.27. The number of rotatable bonds is 6. The molecular formula is C26H31ClN6O2. The Kier molecular flexibility index (Phi) is 7.83. The monoisotopic (exact) mass is 494 g/mol. The normalized spacial score (nSPS) is 16.7. The second kappa shape index (κ2) is 11.0. The minimum atomic E-state index is -0.267. The molecule has 4 rings (SSSR count). The molecule has 35 heavy (non-hydrogen) atoms. The molecule has 0 radical (unpaired) electrons. The molecular weight excluding hydrogens is 464 g/mol. The van der Waals surface area contributed by atoms with Crippen molar-refractivity contribution in [2.75, 3.05) is 39.0 Å². The molecule has 0 spiro atoms. The average Bonchev–Trinajstić information content (AvgIpc) is 3.01. The zero-order valence-electron chi connectivity index (χ0n) is 20.4. The van der Waals surface area contributed by atoms with Crippen LogP contribution in [0.1, 0.15) is 41.4 Å². The number of aromatic nitrogens is 3. The molecule has 1 fully saturated rings. The number of nitrogens with zero attached hydrogens (tertiary/aromatic N) is 5. The van der Waals surface area contributed by atoms with E-state index in [0.717, 1.165) is 30.5 Å². The van der Waals surface area contributed by atoms with Gasteiger partial charge in [0.2, 0.25) is 11.9 Å². The van der Waals surface area contributed by atoms with E-state index in [1.165, 1.54) is 0 Å². The van der Waals surface area contributed by atoms with Gasteiger partial charge in [-0.15, -0.1) is 0 Å². The van der Waals surface area contributed by atoms with Crippen LogP contribution in [0.2, 0.25) is 5.02 Å². The second-order valence-corrected chi connectivity index (χ2v) is 9.56. The number of halogens is 1. The lowest BCUT2D eigenvalue weighted by Crippen LogP contribution is -2.34. The Morgan fingerprint density at radius 2 is 2.09 bits per heavy atom. The Morgan fingerprint density at radius 1 is 1.26 bits per heavy atom. The largest absolute Gasteiger partial charge is 0.337 e. The molecule has 8 nitrogen and oxygen atoms in total. The van der Waals surface area contributed by atoms with Crippen molar-refractivity contribution in [1.29, 1.82) is 0 Å². The van der Waals surface area contributed by atoms with Crippen molar-refractivity contribution in [2.24, 2.45) is 0 Å². The van der Waals surface area contributed by atoms with Crippen LogP contribution in [-0.2, 0) is 4.79 Å². The minimum Gasteiger partial charge on any atom is -0.337 e. The highest BCUT2D eigenvalue weighted by molar-refractivity contribution is 6.35. The molecule has 2 aromatic heterocycles. The summed E-state index contributed by atoms with van der Waals surface area (Å²) in [5, 5.41) is 3.54. The third-order valence-corrected chi connectivity index (χ3v) is 6.40. The molecule has 184 valence electrons. The number of nitrogens with one attached hydrogen (secondary N) is 1. The van der Waals surface area contributed by atoms with Gasteiger partial charge in [0.15, 0.2) is 0 Å². The van der Waals surface area contributed by atoms with Crippen LogP contribution in [0.25, 0.3) is 11.0 Å². The fourth-order valence-corrected chi connectivity index (χ4v) is 4.67. The summed E-state index contributed by atoms with van der Waals surface area (Å²) in [6.07, 6.45) is 7.87. The molecule has 1 aliphatic heterocycles. The molecule has 1 aliphatic rings. The van der Waals surface area contributed by atoms with Crippen molar-refractivity contribution in [3.63, 3.8) is 0 Å². The summed E-state index contributed by atoms with van der Waals surface area (Å²) < 4.78 is 2.00. The first-order valence-electron chi connectivity index (χ1n) is 11.8. The number of carbonyl (C=O) groups is 2.